The second-order valence-corrected chi connectivity index (χ2v) is 7.27. The molecule has 3 aromatic rings. The number of nitrogens with one attached hydrogen (secondary N) is 2. The van der Waals surface area contributed by atoms with E-state index < -0.39 is 0 Å². The SMILES string of the molecule is CC(=O)c1ccc(NC(=O)c2ccc(NC(=O)CSc3nccn3C)cc2)cc1. The van der Waals surface area contributed by atoms with Gasteiger partial charge in [0.15, 0.2) is 10.9 Å². The average molecular weight is 408 g/mol. The normalized spacial score (nSPS) is 10.4. The van der Waals surface area contributed by atoms with E-state index in [1.54, 1.807) is 54.7 Å². The van der Waals surface area contributed by atoms with Gasteiger partial charge < -0.3 is 15.2 Å². The quantitative estimate of drug-likeness (QED) is 0.460. The smallest absolute Gasteiger partial charge is 0.255 e. The summed E-state index contributed by atoms with van der Waals surface area (Å²) in [5.41, 5.74) is 2.26. The minimum Gasteiger partial charge on any atom is -0.329 e. The first-order valence-corrected chi connectivity index (χ1v) is 9.83. The highest BCUT2D eigenvalue weighted by Crippen LogP contribution is 2.17. The van der Waals surface area contributed by atoms with Crippen molar-refractivity contribution in [2.75, 3.05) is 16.4 Å². The maximum Gasteiger partial charge on any atom is 0.255 e. The molecule has 0 atom stereocenters. The Bertz CT molecular complexity index is 1030. The fourth-order valence-corrected chi connectivity index (χ4v) is 3.25. The second-order valence-electron chi connectivity index (χ2n) is 6.32. The highest BCUT2D eigenvalue weighted by molar-refractivity contribution is 7.99. The van der Waals surface area contributed by atoms with Crippen LogP contribution in [0.15, 0.2) is 66.1 Å². The molecule has 1 heterocycles. The molecule has 29 heavy (non-hydrogen) atoms. The molecule has 0 saturated carbocycles. The fourth-order valence-electron chi connectivity index (χ4n) is 2.51. The van der Waals surface area contributed by atoms with E-state index in [-0.39, 0.29) is 23.4 Å². The first kappa shape index (κ1) is 20.3. The van der Waals surface area contributed by atoms with Gasteiger partial charge in [-0.25, -0.2) is 4.98 Å². The maximum atomic E-state index is 12.4. The summed E-state index contributed by atoms with van der Waals surface area (Å²) in [5.74, 6) is -0.216. The largest absolute Gasteiger partial charge is 0.329 e. The molecule has 2 aromatic carbocycles. The van der Waals surface area contributed by atoms with E-state index in [9.17, 15) is 14.4 Å². The zero-order valence-electron chi connectivity index (χ0n) is 16.0. The van der Waals surface area contributed by atoms with Crippen molar-refractivity contribution in [2.45, 2.75) is 12.1 Å². The number of carbonyl (C=O) groups excluding carboxylic acids is 3. The number of ketones is 1. The van der Waals surface area contributed by atoms with Gasteiger partial charge in [0.25, 0.3) is 5.91 Å². The van der Waals surface area contributed by atoms with Crippen LogP contribution in [0.3, 0.4) is 0 Å². The Morgan fingerprint density at radius 2 is 1.52 bits per heavy atom. The highest BCUT2D eigenvalue weighted by atomic mass is 32.2. The lowest BCUT2D eigenvalue weighted by Gasteiger charge is -2.08. The van der Waals surface area contributed by atoms with Crippen LogP contribution in [0.2, 0.25) is 0 Å². The van der Waals surface area contributed by atoms with E-state index >= 15 is 0 Å². The average Bonchev–Trinajstić information content (AvgIpc) is 3.12. The van der Waals surface area contributed by atoms with Gasteiger partial charge in [0.1, 0.15) is 0 Å². The van der Waals surface area contributed by atoms with Crippen LogP contribution >= 0.6 is 11.8 Å². The number of hydrogen-bond donors (Lipinski definition) is 2. The van der Waals surface area contributed by atoms with Crippen molar-refractivity contribution in [3.63, 3.8) is 0 Å². The van der Waals surface area contributed by atoms with Crippen LogP contribution in [-0.4, -0.2) is 32.9 Å². The molecule has 0 fully saturated rings. The van der Waals surface area contributed by atoms with Gasteiger partial charge in [0.05, 0.1) is 5.75 Å². The van der Waals surface area contributed by atoms with Gasteiger partial charge in [-0.1, -0.05) is 11.8 Å². The molecule has 0 radical (unpaired) electrons. The van der Waals surface area contributed by atoms with E-state index in [1.165, 1.54) is 18.7 Å². The van der Waals surface area contributed by atoms with E-state index in [0.29, 0.717) is 22.5 Å². The number of benzene rings is 2. The zero-order valence-corrected chi connectivity index (χ0v) is 16.8. The predicted molar refractivity (Wildman–Crippen MR) is 113 cm³/mol. The van der Waals surface area contributed by atoms with Gasteiger partial charge in [-0.2, -0.15) is 0 Å². The summed E-state index contributed by atoms with van der Waals surface area (Å²) in [6.07, 6.45) is 3.50. The monoisotopic (exact) mass is 408 g/mol. The standard InChI is InChI=1S/C21H20N4O3S/c1-14(26)15-3-7-18(8-4-15)24-20(28)16-5-9-17(10-6-16)23-19(27)13-29-21-22-11-12-25(21)2/h3-12H,13H2,1-2H3,(H,23,27)(H,24,28). The van der Waals surface area contributed by atoms with Crippen LogP contribution in [0.5, 0.6) is 0 Å². The Kier molecular flexibility index (Phi) is 6.46. The number of thioether (sulfide) groups is 1. The number of rotatable bonds is 7. The van der Waals surface area contributed by atoms with Gasteiger partial charge in [0, 0.05) is 41.9 Å². The molecule has 0 saturated heterocycles. The molecule has 1 aromatic heterocycles. The van der Waals surface area contributed by atoms with E-state index in [4.69, 9.17) is 0 Å². The van der Waals surface area contributed by atoms with Crippen molar-refractivity contribution in [2.24, 2.45) is 7.05 Å². The molecule has 0 aliphatic heterocycles. The summed E-state index contributed by atoms with van der Waals surface area (Å²) in [6.45, 7) is 1.49. The van der Waals surface area contributed by atoms with Crippen molar-refractivity contribution in [3.05, 3.63) is 72.1 Å². The Morgan fingerprint density at radius 3 is 2.07 bits per heavy atom. The van der Waals surface area contributed by atoms with Crippen molar-refractivity contribution >= 4 is 40.7 Å². The maximum absolute atomic E-state index is 12.4. The number of carbonyl (C=O) groups is 3. The molecule has 0 aliphatic carbocycles. The molecule has 0 spiro atoms. The Labute approximate surface area is 172 Å². The molecule has 0 unspecified atom stereocenters. The first-order valence-electron chi connectivity index (χ1n) is 8.85. The van der Waals surface area contributed by atoms with E-state index in [2.05, 4.69) is 15.6 Å². The molecular formula is C21H20N4O3S. The minimum atomic E-state index is -0.274. The third-order valence-electron chi connectivity index (χ3n) is 4.09. The van der Waals surface area contributed by atoms with Gasteiger partial charge in [-0.3, -0.25) is 14.4 Å². The number of hydrogen-bond acceptors (Lipinski definition) is 5. The zero-order chi connectivity index (χ0) is 20.8. The van der Waals surface area contributed by atoms with Crippen molar-refractivity contribution in [1.29, 1.82) is 0 Å². The van der Waals surface area contributed by atoms with Crippen LogP contribution in [-0.2, 0) is 11.8 Å². The molecule has 8 heteroatoms. The van der Waals surface area contributed by atoms with Gasteiger partial charge in [-0.05, 0) is 55.5 Å². The first-order chi connectivity index (χ1) is 13.9. The third kappa shape index (κ3) is 5.55. The summed E-state index contributed by atoms with van der Waals surface area (Å²) in [6, 6.07) is 13.3. The Hall–Kier alpha value is -3.39. The van der Waals surface area contributed by atoms with E-state index in [0.717, 1.165) is 5.16 Å². The minimum absolute atomic E-state index is 0.0289. The number of nitrogens with zero attached hydrogens (tertiary/aromatic N) is 2. The number of aryl methyl sites for hydroxylation is 1. The lowest BCUT2D eigenvalue weighted by atomic mass is 10.1. The molecule has 7 nitrogen and oxygen atoms in total. The predicted octanol–water partition coefficient (Wildman–Crippen LogP) is 3.61. The number of imidazole rings is 1. The van der Waals surface area contributed by atoms with Gasteiger partial charge in [0.2, 0.25) is 5.91 Å². The van der Waals surface area contributed by atoms with Crippen LogP contribution < -0.4 is 10.6 Å². The lowest BCUT2D eigenvalue weighted by Crippen LogP contribution is -2.15. The number of aromatic nitrogens is 2. The Morgan fingerprint density at radius 1 is 0.931 bits per heavy atom. The fraction of sp³-hybridized carbons (Fsp3) is 0.143. The number of anilines is 2. The van der Waals surface area contributed by atoms with Crippen LogP contribution in [0.4, 0.5) is 11.4 Å². The molecular weight excluding hydrogens is 388 g/mol. The van der Waals surface area contributed by atoms with E-state index in [1.807, 2.05) is 17.8 Å². The van der Waals surface area contributed by atoms with Gasteiger partial charge >= 0.3 is 0 Å². The molecule has 0 bridgehead atoms. The molecule has 3 rings (SSSR count). The van der Waals surface area contributed by atoms with Crippen LogP contribution in [0.1, 0.15) is 27.6 Å². The summed E-state index contributed by atoms with van der Waals surface area (Å²) in [7, 11) is 1.87. The summed E-state index contributed by atoms with van der Waals surface area (Å²) >= 11 is 1.35. The third-order valence-corrected chi connectivity index (χ3v) is 5.15. The van der Waals surface area contributed by atoms with Crippen molar-refractivity contribution in [3.8, 4) is 0 Å². The molecule has 2 amide bonds. The summed E-state index contributed by atoms with van der Waals surface area (Å²) in [5, 5.41) is 6.34. The summed E-state index contributed by atoms with van der Waals surface area (Å²) in [4.78, 5) is 39.9. The van der Waals surface area contributed by atoms with Crippen LogP contribution in [0.25, 0.3) is 0 Å². The highest BCUT2D eigenvalue weighted by Gasteiger charge is 2.09. The molecule has 148 valence electrons. The van der Waals surface area contributed by atoms with Gasteiger partial charge in [-0.15, -0.1) is 0 Å². The second kappa shape index (κ2) is 9.20. The molecule has 2 N–H and O–H groups in total. The lowest BCUT2D eigenvalue weighted by molar-refractivity contribution is -0.113. The molecule has 0 aliphatic rings. The number of Topliss-reactive ketones (excluding diaryl/α,β-unsaturated/α-hetero) is 1. The number of amides is 2. The van der Waals surface area contributed by atoms with Crippen LogP contribution in [0, 0.1) is 0 Å². The van der Waals surface area contributed by atoms with Crippen molar-refractivity contribution < 1.29 is 14.4 Å². The topological polar surface area (TPSA) is 93.1 Å². The Balaban J connectivity index is 1.53. The van der Waals surface area contributed by atoms with Crippen molar-refractivity contribution in [1.82, 2.24) is 9.55 Å². The summed E-state index contributed by atoms with van der Waals surface area (Å²) < 4.78 is 1.85.